The fourth-order valence-electron chi connectivity index (χ4n) is 1.11. The van der Waals surface area contributed by atoms with Gasteiger partial charge in [0.05, 0.1) is 18.1 Å². The van der Waals surface area contributed by atoms with Crippen LogP contribution in [-0.2, 0) is 4.74 Å². The third-order valence-corrected chi connectivity index (χ3v) is 1.80. The van der Waals surface area contributed by atoms with Gasteiger partial charge in [0.1, 0.15) is 0 Å². The summed E-state index contributed by atoms with van der Waals surface area (Å²) < 4.78 is 4.84. The molecule has 0 aliphatic carbocycles. The van der Waals surface area contributed by atoms with E-state index >= 15 is 0 Å². The Morgan fingerprint density at radius 1 is 1.25 bits per heavy atom. The standard InChI is InChI=1S/C11H12O4.Na/c1-2-7-15-11(14)9-6-4-3-5-8(9)10(12)13;/h3-6H,2,7H2,1H3,(H,12,13);/q;+1/p-1. The molecule has 4 nitrogen and oxygen atoms in total. The monoisotopic (exact) mass is 230 g/mol. The van der Waals surface area contributed by atoms with Crippen LogP contribution in [0.4, 0.5) is 0 Å². The zero-order valence-electron chi connectivity index (χ0n) is 9.36. The Morgan fingerprint density at radius 3 is 2.31 bits per heavy atom. The van der Waals surface area contributed by atoms with Crippen LogP contribution in [0, 0.1) is 0 Å². The number of carboxylic acids is 1. The minimum Gasteiger partial charge on any atom is -0.545 e. The normalized spacial score (nSPS) is 9.06. The molecule has 1 aromatic carbocycles. The van der Waals surface area contributed by atoms with Gasteiger partial charge in [0.25, 0.3) is 0 Å². The van der Waals surface area contributed by atoms with E-state index < -0.39 is 11.9 Å². The van der Waals surface area contributed by atoms with Gasteiger partial charge in [-0.3, -0.25) is 0 Å². The maximum Gasteiger partial charge on any atom is 1.00 e. The molecule has 1 rings (SSSR count). The molecule has 5 heteroatoms. The van der Waals surface area contributed by atoms with Crippen molar-refractivity contribution in [3.05, 3.63) is 35.4 Å². The number of ether oxygens (including phenoxy) is 1. The van der Waals surface area contributed by atoms with Gasteiger partial charge in [-0.05, 0) is 12.5 Å². The smallest absolute Gasteiger partial charge is 0.545 e. The quantitative estimate of drug-likeness (QED) is 0.428. The van der Waals surface area contributed by atoms with Crippen molar-refractivity contribution >= 4 is 11.9 Å². The number of benzene rings is 1. The SMILES string of the molecule is CCCOC(=O)c1ccccc1C(=O)[O-].[Na+]. The molecule has 0 radical (unpaired) electrons. The van der Waals surface area contributed by atoms with Crippen LogP contribution in [0.3, 0.4) is 0 Å². The molecule has 16 heavy (non-hydrogen) atoms. The van der Waals surface area contributed by atoms with E-state index in [1.165, 1.54) is 18.2 Å². The van der Waals surface area contributed by atoms with Gasteiger partial charge in [-0.15, -0.1) is 0 Å². The molecule has 0 N–H and O–H groups in total. The van der Waals surface area contributed by atoms with Crippen LogP contribution in [0.1, 0.15) is 34.1 Å². The van der Waals surface area contributed by atoms with E-state index in [4.69, 9.17) is 4.74 Å². The third-order valence-electron chi connectivity index (χ3n) is 1.80. The Kier molecular flexibility index (Phi) is 7.05. The van der Waals surface area contributed by atoms with Crippen LogP contribution < -0.4 is 34.7 Å². The molecule has 0 unspecified atom stereocenters. The molecule has 0 aromatic heterocycles. The van der Waals surface area contributed by atoms with Crippen molar-refractivity contribution in [2.45, 2.75) is 13.3 Å². The topological polar surface area (TPSA) is 66.4 Å². The van der Waals surface area contributed by atoms with E-state index in [1.807, 2.05) is 6.92 Å². The molecule has 0 heterocycles. The first kappa shape index (κ1) is 15.2. The van der Waals surface area contributed by atoms with E-state index in [0.717, 1.165) is 0 Å². The molecule has 0 atom stereocenters. The van der Waals surface area contributed by atoms with Gasteiger partial charge in [-0.2, -0.15) is 0 Å². The van der Waals surface area contributed by atoms with E-state index in [-0.39, 0.29) is 47.3 Å². The zero-order chi connectivity index (χ0) is 11.3. The van der Waals surface area contributed by atoms with Gasteiger partial charge in [-0.1, -0.05) is 25.1 Å². The Bertz CT molecular complexity index is 376. The Hall–Kier alpha value is -0.840. The van der Waals surface area contributed by atoms with Crippen molar-refractivity contribution in [1.29, 1.82) is 0 Å². The van der Waals surface area contributed by atoms with Gasteiger partial charge in [-0.25, -0.2) is 4.79 Å². The fraction of sp³-hybridized carbons (Fsp3) is 0.273. The summed E-state index contributed by atoms with van der Waals surface area (Å²) in [6.45, 7) is 2.14. The first-order valence-corrected chi connectivity index (χ1v) is 4.64. The van der Waals surface area contributed by atoms with Crippen molar-refractivity contribution in [1.82, 2.24) is 0 Å². The number of hydrogen-bond donors (Lipinski definition) is 0. The summed E-state index contributed by atoms with van der Waals surface area (Å²) in [7, 11) is 0. The van der Waals surface area contributed by atoms with Gasteiger partial charge in [0, 0.05) is 5.56 Å². The first-order chi connectivity index (χ1) is 7.16. The van der Waals surface area contributed by atoms with Crippen molar-refractivity contribution in [2.75, 3.05) is 6.61 Å². The van der Waals surface area contributed by atoms with E-state index in [1.54, 1.807) is 6.07 Å². The first-order valence-electron chi connectivity index (χ1n) is 4.64. The summed E-state index contributed by atoms with van der Waals surface area (Å²) in [5.74, 6) is -2.00. The summed E-state index contributed by atoms with van der Waals surface area (Å²) >= 11 is 0. The molecular weight excluding hydrogens is 219 g/mol. The maximum absolute atomic E-state index is 11.4. The summed E-state index contributed by atoms with van der Waals surface area (Å²) in [4.78, 5) is 22.1. The minimum absolute atomic E-state index is 0. The van der Waals surface area contributed by atoms with Crippen LogP contribution in [0.2, 0.25) is 0 Å². The average molecular weight is 230 g/mol. The fourth-order valence-corrected chi connectivity index (χ4v) is 1.11. The average Bonchev–Trinajstić information content (AvgIpc) is 2.25. The number of esters is 1. The molecule has 0 fully saturated rings. The van der Waals surface area contributed by atoms with Crippen LogP contribution in [0.15, 0.2) is 24.3 Å². The minimum atomic E-state index is -1.38. The summed E-state index contributed by atoms with van der Waals surface area (Å²) in [5.41, 5.74) is -0.107. The van der Waals surface area contributed by atoms with Crippen LogP contribution in [0.5, 0.6) is 0 Å². The largest absolute Gasteiger partial charge is 1.00 e. The van der Waals surface area contributed by atoms with Crippen LogP contribution >= 0.6 is 0 Å². The van der Waals surface area contributed by atoms with Crippen molar-refractivity contribution in [2.24, 2.45) is 0 Å². The van der Waals surface area contributed by atoms with Gasteiger partial charge >= 0.3 is 35.5 Å². The Balaban J connectivity index is 0.00000225. The molecule has 0 aliphatic rings. The second-order valence-corrected chi connectivity index (χ2v) is 2.97. The summed E-state index contributed by atoms with van der Waals surface area (Å²) in [6, 6.07) is 5.83. The third kappa shape index (κ3) is 3.96. The van der Waals surface area contributed by atoms with Crippen LogP contribution in [-0.4, -0.2) is 18.5 Å². The number of hydrogen-bond acceptors (Lipinski definition) is 4. The zero-order valence-corrected chi connectivity index (χ0v) is 11.4. The van der Waals surface area contributed by atoms with Gasteiger partial charge < -0.3 is 14.6 Å². The maximum atomic E-state index is 11.4. The van der Waals surface area contributed by atoms with Gasteiger partial charge in [0.2, 0.25) is 0 Å². The Morgan fingerprint density at radius 2 is 1.81 bits per heavy atom. The van der Waals surface area contributed by atoms with Crippen molar-refractivity contribution in [3.63, 3.8) is 0 Å². The molecule has 1 aromatic rings. The molecule has 0 aliphatic heterocycles. The number of carboxylic acid groups (broad SMARTS) is 1. The van der Waals surface area contributed by atoms with Crippen molar-refractivity contribution < 1.29 is 49.0 Å². The van der Waals surface area contributed by atoms with Crippen LogP contribution in [0.25, 0.3) is 0 Å². The molecule has 80 valence electrons. The molecule has 0 bridgehead atoms. The second-order valence-electron chi connectivity index (χ2n) is 2.97. The molecule has 0 saturated carbocycles. The number of aromatic carboxylic acids is 1. The van der Waals surface area contributed by atoms with E-state index in [9.17, 15) is 14.7 Å². The van der Waals surface area contributed by atoms with Crippen molar-refractivity contribution in [3.8, 4) is 0 Å². The predicted octanol–water partition coefficient (Wildman–Crippen LogP) is -2.38. The molecule has 0 amide bonds. The summed E-state index contributed by atoms with van der Waals surface area (Å²) in [6.07, 6.45) is 0.694. The number of rotatable bonds is 4. The van der Waals surface area contributed by atoms with E-state index in [2.05, 4.69) is 0 Å². The molecule has 0 saturated heterocycles. The molecular formula is C11H11NaO4. The predicted molar refractivity (Wildman–Crippen MR) is 51.3 cm³/mol. The molecule has 0 spiro atoms. The van der Waals surface area contributed by atoms with Gasteiger partial charge in [0.15, 0.2) is 0 Å². The number of carbonyl (C=O) groups is 2. The second kappa shape index (κ2) is 7.44. The van der Waals surface area contributed by atoms with E-state index in [0.29, 0.717) is 6.42 Å². The Labute approximate surface area is 116 Å². The number of carbonyl (C=O) groups excluding carboxylic acids is 2. The summed E-state index contributed by atoms with van der Waals surface area (Å²) in [5, 5.41) is 10.7.